The van der Waals surface area contributed by atoms with Crippen molar-refractivity contribution >= 4 is 33.3 Å². The number of amides is 3. The Kier molecular flexibility index (Phi) is 9.89. The number of benzene rings is 3. The molecule has 0 radical (unpaired) electrons. The van der Waals surface area contributed by atoms with E-state index in [9.17, 15) is 27.5 Å². The summed E-state index contributed by atoms with van der Waals surface area (Å²) in [5.74, 6) is -0.687. The molecule has 0 unspecified atom stereocenters. The van der Waals surface area contributed by atoms with Crippen LogP contribution in [0.4, 0.5) is 20.6 Å². The molecule has 11 nitrogen and oxygen atoms in total. The van der Waals surface area contributed by atoms with Gasteiger partial charge in [0.25, 0.3) is 5.91 Å². The van der Waals surface area contributed by atoms with Gasteiger partial charge in [-0.15, -0.1) is 0 Å². The van der Waals surface area contributed by atoms with Crippen LogP contribution in [0.5, 0.6) is 11.5 Å². The molecule has 0 fully saturated rings. The minimum atomic E-state index is -4.01. The molecule has 1 aliphatic heterocycles. The fourth-order valence-electron chi connectivity index (χ4n) is 4.66. The first-order chi connectivity index (χ1) is 20.4. The lowest BCUT2D eigenvalue weighted by atomic mass is 9.99. The summed E-state index contributed by atoms with van der Waals surface area (Å²) in [6, 6.07) is 14.8. The number of carbonyl (C=O) groups is 2. The molecule has 1 aliphatic rings. The molecule has 43 heavy (non-hydrogen) atoms. The number of aliphatic hydroxyl groups is 1. The molecule has 3 amide bonds. The summed E-state index contributed by atoms with van der Waals surface area (Å²) in [5.41, 5.74) is 0.830. The molecule has 0 aliphatic carbocycles. The zero-order valence-electron chi connectivity index (χ0n) is 24.3. The monoisotopic (exact) mass is 614 g/mol. The van der Waals surface area contributed by atoms with Gasteiger partial charge in [0.1, 0.15) is 17.7 Å². The Morgan fingerprint density at radius 2 is 1.81 bits per heavy atom. The number of urea groups is 1. The second-order valence-electron chi connectivity index (χ2n) is 10.4. The predicted molar refractivity (Wildman–Crippen MR) is 159 cm³/mol. The smallest absolute Gasteiger partial charge is 0.323 e. The highest BCUT2D eigenvalue weighted by Crippen LogP contribution is 2.35. The number of rotatable bonds is 9. The van der Waals surface area contributed by atoms with Crippen molar-refractivity contribution < 1.29 is 37.0 Å². The number of sulfonamides is 1. The topological polar surface area (TPSA) is 138 Å². The number of ether oxygens (including phenoxy) is 2. The number of hydrogen-bond donors (Lipinski definition) is 3. The molecular weight excluding hydrogens is 579 g/mol. The maximum atomic E-state index is 13.7. The van der Waals surface area contributed by atoms with Crippen LogP contribution in [0.15, 0.2) is 71.6 Å². The Balaban J connectivity index is 1.67. The van der Waals surface area contributed by atoms with Crippen LogP contribution in [0, 0.1) is 11.7 Å². The van der Waals surface area contributed by atoms with E-state index in [-0.39, 0.29) is 41.6 Å². The molecular formula is C30H35FN4O7S. The number of methoxy groups -OCH3 is 1. The number of para-hydroxylation sites is 1. The van der Waals surface area contributed by atoms with Crippen LogP contribution in [0.3, 0.4) is 0 Å². The molecule has 3 aromatic carbocycles. The number of nitrogens with zero attached hydrogens (tertiary/aromatic N) is 2. The zero-order chi connectivity index (χ0) is 31.3. The van der Waals surface area contributed by atoms with Crippen molar-refractivity contribution in [1.82, 2.24) is 9.21 Å². The fraction of sp³-hybridized carbons (Fsp3) is 0.333. The highest BCUT2D eigenvalue weighted by molar-refractivity contribution is 7.89. The van der Waals surface area contributed by atoms with E-state index in [1.807, 2.05) is 6.92 Å². The maximum absolute atomic E-state index is 13.7. The van der Waals surface area contributed by atoms with Crippen LogP contribution in [0.25, 0.3) is 0 Å². The maximum Gasteiger partial charge on any atom is 0.323 e. The molecule has 1 heterocycles. The van der Waals surface area contributed by atoms with Crippen molar-refractivity contribution in [3.8, 4) is 11.5 Å². The van der Waals surface area contributed by atoms with E-state index in [0.717, 1.165) is 16.4 Å². The first-order valence-electron chi connectivity index (χ1n) is 13.6. The predicted octanol–water partition coefficient (Wildman–Crippen LogP) is 4.02. The van der Waals surface area contributed by atoms with Crippen molar-refractivity contribution in [3.63, 3.8) is 0 Å². The second-order valence-corrected chi connectivity index (χ2v) is 12.4. The van der Waals surface area contributed by atoms with Crippen LogP contribution < -0.4 is 20.1 Å². The first kappa shape index (κ1) is 31.7. The van der Waals surface area contributed by atoms with E-state index < -0.39 is 45.8 Å². The lowest BCUT2D eigenvalue weighted by molar-refractivity contribution is 0.0389. The van der Waals surface area contributed by atoms with Crippen LogP contribution in [-0.2, 0) is 10.0 Å². The van der Waals surface area contributed by atoms with Gasteiger partial charge in [-0.2, -0.15) is 4.31 Å². The van der Waals surface area contributed by atoms with Crippen molar-refractivity contribution in [2.45, 2.75) is 30.9 Å². The molecule has 4 rings (SSSR count). The van der Waals surface area contributed by atoms with Crippen molar-refractivity contribution in [2.75, 3.05) is 44.5 Å². The van der Waals surface area contributed by atoms with Crippen molar-refractivity contribution in [3.05, 3.63) is 78.1 Å². The number of likely N-dealkylation sites (N-methyl/N-ethyl adjacent to an activating group) is 1. The molecule has 3 N–H and O–H groups in total. The van der Waals surface area contributed by atoms with Gasteiger partial charge in [-0.25, -0.2) is 17.6 Å². The molecule has 3 atom stereocenters. The normalized spacial score (nSPS) is 17.7. The molecule has 0 spiro atoms. The summed E-state index contributed by atoms with van der Waals surface area (Å²) in [6.45, 7) is 3.27. The Morgan fingerprint density at radius 3 is 2.44 bits per heavy atom. The third kappa shape index (κ3) is 7.24. The summed E-state index contributed by atoms with van der Waals surface area (Å²) < 4.78 is 52.7. The number of nitrogens with one attached hydrogen (secondary N) is 2. The zero-order valence-corrected chi connectivity index (χ0v) is 25.1. The SMILES string of the molecule is COc1ccc(NC(=O)Nc2cccc3c2O[C@H](CN(C)S(=O)(=O)c2ccc(F)cc2)[C@@H](C)CN([C@H](C)CO)C3=O)cc1. The quantitative estimate of drug-likeness (QED) is 0.331. The van der Waals surface area contributed by atoms with E-state index in [1.54, 1.807) is 49.4 Å². The second kappa shape index (κ2) is 13.4. The fourth-order valence-corrected chi connectivity index (χ4v) is 5.84. The molecule has 13 heteroatoms. The average Bonchev–Trinajstić information content (AvgIpc) is 2.99. The van der Waals surface area contributed by atoms with Gasteiger partial charge in [0.15, 0.2) is 5.75 Å². The van der Waals surface area contributed by atoms with Gasteiger partial charge in [-0.05, 0) is 67.6 Å². The van der Waals surface area contributed by atoms with Crippen LogP contribution in [0.1, 0.15) is 24.2 Å². The minimum absolute atomic E-state index is 0.0663. The highest BCUT2D eigenvalue weighted by atomic mass is 32.2. The standard InChI is InChI=1S/C30H35FN4O7S/c1-19-16-35(20(2)18-36)29(37)25-6-5-7-26(33-30(38)32-22-10-12-23(41-4)13-11-22)28(25)42-27(19)17-34(3)43(39,40)24-14-8-21(31)9-15-24/h5-15,19-20,27,36H,16-18H2,1-4H3,(H2,32,33,38)/t19-,20+,27+/m0/s1. The van der Waals surface area contributed by atoms with E-state index in [0.29, 0.717) is 11.4 Å². The van der Waals surface area contributed by atoms with Gasteiger partial charge < -0.3 is 30.1 Å². The number of halogens is 1. The highest BCUT2D eigenvalue weighted by Gasteiger charge is 2.36. The number of hydrogen-bond acceptors (Lipinski definition) is 7. The summed E-state index contributed by atoms with van der Waals surface area (Å²) in [7, 11) is -1.09. The molecule has 0 saturated carbocycles. The Morgan fingerprint density at radius 1 is 1.14 bits per heavy atom. The van der Waals surface area contributed by atoms with E-state index >= 15 is 0 Å². The molecule has 0 aromatic heterocycles. The van der Waals surface area contributed by atoms with Gasteiger partial charge >= 0.3 is 6.03 Å². The average molecular weight is 615 g/mol. The lowest BCUT2D eigenvalue weighted by Crippen LogP contribution is -2.50. The third-order valence-electron chi connectivity index (χ3n) is 7.25. The Labute approximate surface area is 250 Å². The van der Waals surface area contributed by atoms with E-state index in [1.165, 1.54) is 31.2 Å². The molecule has 3 aromatic rings. The summed E-state index contributed by atoms with van der Waals surface area (Å²) >= 11 is 0. The molecule has 0 bridgehead atoms. The number of aliphatic hydroxyl groups excluding tert-OH is 1. The lowest BCUT2D eigenvalue weighted by Gasteiger charge is -2.38. The number of carbonyl (C=O) groups excluding carboxylic acids is 2. The van der Waals surface area contributed by atoms with Gasteiger partial charge in [0.2, 0.25) is 10.0 Å². The van der Waals surface area contributed by atoms with Crippen molar-refractivity contribution in [1.29, 1.82) is 0 Å². The van der Waals surface area contributed by atoms with Crippen molar-refractivity contribution in [2.24, 2.45) is 5.92 Å². The third-order valence-corrected chi connectivity index (χ3v) is 9.08. The van der Waals surface area contributed by atoms with Crippen LogP contribution in [-0.4, -0.2) is 80.7 Å². The van der Waals surface area contributed by atoms with Gasteiger partial charge in [0.05, 0.1) is 42.4 Å². The van der Waals surface area contributed by atoms with Gasteiger partial charge in [-0.1, -0.05) is 13.0 Å². The summed E-state index contributed by atoms with van der Waals surface area (Å²) in [4.78, 5) is 28.1. The van der Waals surface area contributed by atoms with Gasteiger partial charge in [-0.3, -0.25) is 4.79 Å². The van der Waals surface area contributed by atoms with E-state index in [2.05, 4.69) is 10.6 Å². The Bertz CT molecular complexity index is 1550. The number of fused-ring (bicyclic) bond motifs is 1. The minimum Gasteiger partial charge on any atom is -0.497 e. The Hall–Kier alpha value is -4.20. The number of anilines is 2. The first-order valence-corrected chi connectivity index (χ1v) is 15.0. The molecule has 0 saturated heterocycles. The summed E-state index contributed by atoms with van der Waals surface area (Å²) in [6.07, 6.45) is -0.784. The largest absolute Gasteiger partial charge is 0.497 e. The van der Waals surface area contributed by atoms with E-state index in [4.69, 9.17) is 9.47 Å². The summed E-state index contributed by atoms with van der Waals surface area (Å²) in [5, 5.41) is 15.3. The van der Waals surface area contributed by atoms with Gasteiger partial charge in [0, 0.05) is 25.2 Å². The van der Waals surface area contributed by atoms with Crippen LogP contribution >= 0.6 is 0 Å². The van der Waals surface area contributed by atoms with Crippen LogP contribution in [0.2, 0.25) is 0 Å². The molecule has 230 valence electrons.